The molecule has 0 fully saturated rings. The number of sulfonamides is 1. The predicted octanol–water partition coefficient (Wildman–Crippen LogP) is 3.49. The highest BCUT2D eigenvalue weighted by atomic mass is 32.2. The molecule has 14 heteroatoms. The highest BCUT2D eigenvalue weighted by molar-refractivity contribution is 7.93. The maximum Gasteiger partial charge on any atom is 0.243 e. The maximum absolute atomic E-state index is 13.7. The van der Waals surface area contributed by atoms with E-state index in [-0.39, 0.29) is 18.4 Å². The summed E-state index contributed by atoms with van der Waals surface area (Å²) in [4.78, 5) is 12.1. The van der Waals surface area contributed by atoms with E-state index in [0.29, 0.717) is 28.6 Å². The number of pyridine rings is 1. The standard InChI is InChI=1S/C25H28FN7O5S/c1-6-38-22(23-28-13-18(26)14-29-23)16(3)39(34,35)32-25-31-30-24(17-10-15(2)11-27-12-17)33(25)21-19(36-4)8-7-9-20(21)37-5/h7-14,16,22H,6H2,1-5H3,(H,31,32). The van der Waals surface area contributed by atoms with E-state index in [0.717, 1.165) is 18.0 Å². The fourth-order valence-electron chi connectivity index (χ4n) is 3.93. The van der Waals surface area contributed by atoms with Gasteiger partial charge in [0.15, 0.2) is 17.5 Å². The van der Waals surface area contributed by atoms with Crippen LogP contribution in [-0.4, -0.2) is 64.2 Å². The monoisotopic (exact) mass is 557 g/mol. The van der Waals surface area contributed by atoms with E-state index in [1.165, 1.54) is 25.7 Å². The lowest BCUT2D eigenvalue weighted by Crippen LogP contribution is -2.34. The van der Waals surface area contributed by atoms with Crippen molar-refractivity contribution in [2.45, 2.75) is 32.1 Å². The number of hydrogen-bond acceptors (Lipinski definition) is 10. The average Bonchev–Trinajstić information content (AvgIpc) is 3.33. The van der Waals surface area contributed by atoms with Crippen molar-refractivity contribution in [2.24, 2.45) is 0 Å². The fraction of sp³-hybridized carbons (Fsp3) is 0.320. The molecule has 3 heterocycles. The first kappa shape index (κ1) is 27.9. The quantitative estimate of drug-likeness (QED) is 0.291. The summed E-state index contributed by atoms with van der Waals surface area (Å²) in [6.07, 6.45) is 4.09. The molecule has 0 saturated heterocycles. The molecule has 39 heavy (non-hydrogen) atoms. The summed E-state index contributed by atoms with van der Waals surface area (Å²) in [5.74, 6) is 0.307. The van der Waals surface area contributed by atoms with Gasteiger partial charge in [-0.05, 0) is 44.5 Å². The van der Waals surface area contributed by atoms with Crippen LogP contribution in [0.25, 0.3) is 17.1 Å². The molecule has 3 aromatic heterocycles. The Hall–Kier alpha value is -4.17. The minimum absolute atomic E-state index is 0.0236. The normalized spacial score (nSPS) is 13.1. The van der Waals surface area contributed by atoms with Crippen LogP contribution in [0.5, 0.6) is 11.5 Å². The van der Waals surface area contributed by atoms with Crippen molar-refractivity contribution in [1.82, 2.24) is 29.7 Å². The lowest BCUT2D eigenvalue weighted by molar-refractivity contribution is 0.0556. The van der Waals surface area contributed by atoms with Gasteiger partial charge in [-0.1, -0.05) is 6.07 Å². The molecule has 0 aliphatic heterocycles. The van der Waals surface area contributed by atoms with Crippen LogP contribution in [0.2, 0.25) is 0 Å². The van der Waals surface area contributed by atoms with Crippen LogP contribution in [0, 0.1) is 12.7 Å². The van der Waals surface area contributed by atoms with E-state index in [9.17, 15) is 12.8 Å². The third-order valence-electron chi connectivity index (χ3n) is 5.81. The number of benzene rings is 1. The summed E-state index contributed by atoms with van der Waals surface area (Å²) in [7, 11) is -1.24. The minimum atomic E-state index is -4.21. The molecule has 2 unspecified atom stereocenters. The molecule has 4 aromatic rings. The molecule has 0 spiro atoms. The summed E-state index contributed by atoms with van der Waals surface area (Å²) < 4.78 is 61.6. The van der Waals surface area contributed by atoms with Crippen molar-refractivity contribution in [2.75, 3.05) is 25.5 Å². The van der Waals surface area contributed by atoms with Crippen LogP contribution < -0.4 is 14.2 Å². The second-order valence-electron chi connectivity index (χ2n) is 8.43. The summed E-state index contributed by atoms with van der Waals surface area (Å²) in [5, 5.41) is 7.24. The van der Waals surface area contributed by atoms with Crippen molar-refractivity contribution in [3.63, 3.8) is 0 Å². The largest absolute Gasteiger partial charge is 0.494 e. The van der Waals surface area contributed by atoms with Gasteiger partial charge in [-0.2, -0.15) is 0 Å². The maximum atomic E-state index is 13.7. The first-order valence-corrected chi connectivity index (χ1v) is 13.4. The molecule has 12 nitrogen and oxygen atoms in total. The van der Waals surface area contributed by atoms with Gasteiger partial charge < -0.3 is 14.2 Å². The molecular formula is C25H28FN7O5S. The second kappa shape index (κ2) is 11.7. The number of aryl methyl sites for hydroxylation is 1. The van der Waals surface area contributed by atoms with Crippen LogP contribution >= 0.6 is 0 Å². The predicted molar refractivity (Wildman–Crippen MR) is 141 cm³/mol. The summed E-state index contributed by atoms with van der Waals surface area (Å²) in [5.41, 5.74) is 1.82. The number of methoxy groups -OCH3 is 2. The third-order valence-corrected chi connectivity index (χ3v) is 7.51. The smallest absolute Gasteiger partial charge is 0.243 e. The molecule has 1 N–H and O–H groups in total. The molecule has 0 radical (unpaired) electrons. The molecule has 1 aromatic carbocycles. The molecule has 0 saturated carbocycles. The van der Waals surface area contributed by atoms with Crippen molar-refractivity contribution in [1.29, 1.82) is 0 Å². The molecule has 0 bridgehead atoms. The van der Waals surface area contributed by atoms with Crippen LogP contribution in [0.15, 0.2) is 49.1 Å². The van der Waals surface area contributed by atoms with E-state index in [1.54, 1.807) is 37.5 Å². The van der Waals surface area contributed by atoms with Crippen molar-refractivity contribution in [3.8, 4) is 28.6 Å². The zero-order valence-electron chi connectivity index (χ0n) is 22.0. The SMILES string of the molecule is CCOC(c1ncc(F)cn1)C(C)S(=O)(=O)Nc1nnc(-c2cncc(C)c2)n1-c1c(OC)cccc1OC. The number of halogens is 1. The van der Waals surface area contributed by atoms with E-state index in [1.807, 2.05) is 13.0 Å². The van der Waals surface area contributed by atoms with Gasteiger partial charge in [-0.3, -0.25) is 14.3 Å². The summed E-state index contributed by atoms with van der Waals surface area (Å²) >= 11 is 0. The zero-order chi connectivity index (χ0) is 28.2. The van der Waals surface area contributed by atoms with Gasteiger partial charge in [0.2, 0.25) is 16.0 Å². The number of nitrogens with one attached hydrogen (secondary N) is 1. The summed E-state index contributed by atoms with van der Waals surface area (Å²) in [6.45, 7) is 5.18. The van der Waals surface area contributed by atoms with Gasteiger partial charge in [0.05, 0.1) is 26.6 Å². The van der Waals surface area contributed by atoms with E-state index in [2.05, 4.69) is 29.9 Å². The number of anilines is 1. The Kier molecular flexibility index (Phi) is 8.35. The van der Waals surface area contributed by atoms with Crippen molar-refractivity contribution < 1.29 is 27.0 Å². The lowest BCUT2D eigenvalue weighted by Gasteiger charge is -2.23. The first-order chi connectivity index (χ1) is 18.7. The van der Waals surface area contributed by atoms with Gasteiger partial charge >= 0.3 is 0 Å². The van der Waals surface area contributed by atoms with E-state index >= 15 is 0 Å². The first-order valence-electron chi connectivity index (χ1n) is 11.9. The minimum Gasteiger partial charge on any atom is -0.494 e. The van der Waals surface area contributed by atoms with Gasteiger partial charge in [-0.25, -0.2) is 22.8 Å². The Labute approximate surface area is 225 Å². The number of ether oxygens (including phenoxy) is 3. The van der Waals surface area contributed by atoms with E-state index in [4.69, 9.17) is 14.2 Å². The van der Waals surface area contributed by atoms with Crippen molar-refractivity contribution in [3.05, 3.63) is 66.3 Å². The van der Waals surface area contributed by atoms with Crippen LogP contribution in [-0.2, 0) is 14.8 Å². The molecule has 0 amide bonds. The summed E-state index contributed by atoms with van der Waals surface area (Å²) in [6, 6.07) is 6.98. The van der Waals surface area contributed by atoms with E-state index < -0.39 is 27.2 Å². The average molecular weight is 558 g/mol. The number of nitrogens with zero attached hydrogens (tertiary/aromatic N) is 6. The van der Waals surface area contributed by atoms with Gasteiger partial charge in [0.1, 0.15) is 28.5 Å². The molecule has 0 aliphatic rings. The number of aromatic nitrogens is 6. The third kappa shape index (κ3) is 5.81. The lowest BCUT2D eigenvalue weighted by atomic mass is 10.2. The highest BCUT2D eigenvalue weighted by Crippen LogP contribution is 2.38. The van der Waals surface area contributed by atoms with Crippen LogP contribution in [0.4, 0.5) is 10.3 Å². The Bertz CT molecular complexity index is 1520. The topological polar surface area (TPSA) is 143 Å². The molecular weight excluding hydrogens is 529 g/mol. The highest BCUT2D eigenvalue weighted by Gasteiger charge is 2.35. The zero-order valence-corrected chi connectivity index (χ0v) is 22.8. The number of para-hydroxylation sites is 1. The van der Waals surface area contributed by atoms with Crippen molar-refractivity contribution >= 4 is 16.0 Å². The van der Waals surface area contributed by atoms with Gasteiger partial charge in [0.25, 0.3) is 0 Å². The van der Waals surface area contributed by atoms with Crippen LogP contribution in [0.1, 0.15) is 31.3 Å². The Balaban J connectivity index is 1.84. The Morgan fingerprint density at radius 1 is 1.05 bits per heavy atom. The molecule has 4 rings (SSSR count). The Morgan fingerprint density at radius 2 is 1.72 bits per heavy atom. The van der Waals surface area contributed by atoms with Gasteiger partial charge in [0, 0.05) is 24.6 Å². The number of hydrogen-bond donors (Lipinski definition) is 1. The second-order valence-corrected chi connectivity index (χ2v) is 10.5. The Morgan fingerprint density at radius 3 is 2.31 bits per heavy atom. The number of rotatable bonds is 11. The molecule has 2 atom stereocenters. The van der Waals surface area contributed by atoms with Crippen LogP contribution in [0.3, 0.4) is 0 Å². The molecule has 206 valence electrons. The molecule has 0 aliphatic carbocycles. The van der Waals surface area contributed by atoms with Gasteiger partial charge in [-0.15, -0.1) is 10.2 Å². The fourth-order valence-corrected chi connectivity index (χ4v) is 5.03.